The van der Waals surface area contributed by atoms with Crippen LogP contribution in [0.25, 0.3) is 5.52 Å². The molecular formula is C23H19FN4O4. The van der Waals surface area contributed by atoms with Gasteiger partial charge in [0.25, 0.3) is 11.5 Å². The molecule has 32 heavy (non-hydrogen) atoms. The van der Waals surface area contributed by atoms with E-state index in [1.807, 2.05) is 6.07 Å². The number of amides is 1. The van der Waals surface area contributed by atoms with Crippen molar-refractivity contribution in [2.75, 3.05) is 0 Å². The van der Waals surface area contributed by atoms with Crippen LogP contribution in [0.15, 0.2) is 77.0 Å². The summed E-state index contributed by atoms with van der Waals surface area (Å²) in [6.45, 7) is 0.395. The second-order valence-electron chi connectivity index (χ2n) is 7.19. The Morgan fingerprint density at radius 1 is 1.09 bits per heavy atom. The van der Waals surface area contributed by atoms with Crippen LogP contribution in [0.5, 0.6) is 5.75 Å². The van der Waals surface area contributed by atoms with E-state index in [-0.39, 0.29) is 17.6 Å². The van der Waals surface area contributed by atoms with Crippen LogP contribution in [-0.4, -0.2) is 25.0 Å². The van der Waals surface area contributed by atoms with Crippen molar-refractivity contribution in [1.29, 1.82) is 0 Å². The highest BCUT2D eigenvalue weighted by Crippen LogP contribution is 2.12. The minimum absolute atomic E-state index is 0.0674. The molecule has 0 fully saturated rings. The van der Waals surface area contributed by atoms with E-state index in [0.717, 1.165) is 5.56 Å². The van der Waals surface area contributed by atoms with Crippen molar-refractivity contribution in [2.24, 2.45) is 0 Å². The fourth-order valence-electron chi connectivity index (χ4n) is 3.32. The standard InChI is InChI=1S/C23H19FN4O4/c24-17-5-3-16(4-6-17)13-26-22(31)18-14-28-11-10-27(9-7-15-2-1-8-25-12-15)23(32)19(28)21(30)20(18)29/h1-6,8,10-12,14,30H,7,9,13H2,(H,26,31). The summed E-state index contributed by atoms with van der Waals surface area (Å²) in [5.41, 5.74) is -0.434. The SMILES string of the molecule is O=C(NCc1ccc(F)cc1)c1cn2ccn(CCc3cccnc3)c(=O)c2c(O)c1=O. The zero-order chi connectivity index (χ0) is 22.7. The molecule has 0 spiro atoms. The molecule has 1 aromatic carbocycles. The maximum Gasteiger partial charge on any atom is 0.278 e. The number of nitrogens with one attached hydrogen (secondary N) is 1. The summed E-state index contributed by atoms with van der Waals surface area (Å²) in [5, 5.41) is 13.0. The summed E-state index contributed by atoms with van der Waals surface area (Å²) in [6.07, 6.45) is 8.13. The number of rotatable bonds is 6. The number of hydrogen-bond acceptors (Lipinski definition) is 5. The first-order valence-corrected chi connectivity index (χ1v) is 9.83. The molecule has 0 atom stereocenters. The van der Waals surface area contributed by atoms with Gasteiger partial charge in [-0.25, -0.2) is 4.39 Å². The minimum Gasteiger partial charge on any atom is -0.503 e. The van der Waals surface area contributed by atoms with E-state index in [0.29, 0.717) is 18.5 Å². The molecule has 0 saturated carbocycles. The van der Waals surface area contributed by atoms with E-state index in [1.54, 1.807) is 18.5 Å². The first-order chi connectivity index (χ1) is 15.4. The monoisotopic (exact) mass is 434 g/mol. The van der Waals surface area contributed by atoms with Crippen LogP contribution in [0, 0.1) is 5.82 Å². The van der Waals surface area contributed by atoms with Crippen LogP contribution in [0.2, 0.25) is 0 Å². The molecule has 0 aliphatic rings. The Balaban J connectivity index is 1.59. The number of aromatic nitrogens is 3. The van der Waals surface area contributed by atoms with Gasteiger partial charge in [-0.2, -0.15) is 0 Å². The molecule has 9 heteroatoms. The molecule has 0 unspecified atom stereocenters. The first-order valence-electron chi connectivity index (χ1n) is 9.83. The van der Waals surface area contributed by atoms with Crippen molar-refractivity contribution in [3.8, 4) is 5.75 Å². The molecule has 0 saturated heterocycles. The Bertz CT molecular complexity index is 1400. The number of carbonyl (C=O) groups excluding carboxylic acids is 1. The Labute approximate surface area is 181 Å². The fourth-order valence-corrected chi connectivity index (χ4v) is 3.32. The van der Waals surface area contributed by atoms with E-state index in [4.69, 9.17) is 0 Å². The molecule has 8 nitrogen and oxygen atoms in total. The van der Waals surface area contributed by atoms with E-state index < -0.39 is 28.5 Å². The highest BCUT2D eigenvalue weighted by atomic mass is 19.1. The van der Waals surface area contributed by atoms with Gasteiger partial charge in [0.1, 0.15) is 11.4 Å². The lowest BCUT2D eigenvalue weighted by Crippen LogP contribution is -2.31. The Morgan fingerprint density at radius 3 is 2.59 bits per heavy atom. The van der Waals surface area contributed by atoms with Crippen LogP contribution in [0.4, 0.5) is 4.39 Å². The molecule has 0 aliphatic carbocycles. The van der Waals surface area contributed by atoms with Crippen LogP contribution >= 0.6 is 0 Å². The maximum atomic E-state index is 13.0. The lowest BCUT2D eigenvalue weighted by molar-refractivity contribution is 0.0949. The van der Waals surface area contributed by atoms with Crippen molar-refractivity contribution >= 4 is 11.4 Å². The van der Waals surface area contributed by atoms with Crippen molar-refractivity contribution in [1.82, 2.24) is 19.3 Å². The highest BCUT2D eigenvalue weighted by Gasteiger charge is 2.19. The molecule has 4 aromatic rings. The number of aryl methyl sites for hydroxylation is 2. The van der Waals surface area contributed by atoms with E-state index in [1.165, 1.54) is 51.8 Å². The zero-order valence-corrected chi connectivity index (χ0v) is 16.9. The van der Waals surface area contributed by atoms with Gasteiger partial charge < -0.3 is 19.4 Å². The highest BCUT2D eigenvalue weighted by molar-refractivity contribution is 5.94. The largest absolute Gasteiger partial charge is 0.503 e. The quantitative estimate of drug-likeness (QED) is 0.482. The van der Waals surface area contributed by atoms with Gasteiger partial charge in [-0.15, -0.1) is 0 Å². The Morgan fingerprint density at radius 2 is 1.88 bits per heavy atom. The molecular weight excluding hydrogens is 415 g/mol. The summed E-state index contributed by atoms with van der Waals surface area (Å²) in [6, 6.07) is 9.22. The van der Waals surface area contributed by atoms with Crippen molar-refractivity contribution in [2.45, 2.75) is 19.5 Å². The van der Waals surface area contributed by atoms with Gasteiger partial charge in [-0.1, -0.05) is 18.2 Å². The first kappa shape index (κ1) is 21.0. The van der Waals surface area contributed by atoms with Gasteiger partial charge >= 0.3 is 0 Å². The average molecular weight is 434 g/mol. The number of halogens is 1. The lowest BCUT2D eigenvalue weighted by Gasteiger charge is -2.11. The summed E-state index contributed by atoms with van der Waals surface area (Å²) in [4.78, 5) is 42.0. The zero-order valence-electron chi connectivity index (χ0n) is 16.9. The lowest BCUT2D eigenvalue weighted by atomic mass is 10.2. The molecule has 0 bridgehead atoms. The van der Waals surface area contributed by atoms with Crippen LogP contribution in [-0.2, 0) is 19.5 Å². The Kier molecular flexibility index (Phi) is 5.80. The van der Waals surface area contributed by atoms with Gasteiger partial charge in [0, 0.05) is 44.1 Å². The number of hydrogen-bond donors (Lipinski definition) is 2. The van der Waals surface area contributed by atoms with Crippen molar-refractivity contribution in [3.63, 3.8) is 0 Å². The molecule has 1 amide bonds. The number of nitrogens with zero attached hydrogens (tertiary/aromatic N) is 3. The molecule has 0 radical (unpaired) electrons. The van der Waals surface area contributed by atoms with Gasteiger partial charge in [-0.05, 0) is 35.7 Å². The fraction of sp³-hybridized carbons (Fsp3) is 0.130. The third-order valence-corrected chi connectivity index (χ3v) is 5.06. The van der Waals surface area contributed by atoms with Gasteiger partial charge in [-0.3, -0.25) is 19.4 Å². The smallest absolute Gasteiger partial charge is 0.278 e. The van der Waals surface area contributed by atoms with E-state index in [2.05, 4.69) is 10.3 Å². The van der Waals surface area contributed by atoms with Gasteiger partial charge in [0.2, 0.25) is 5.43 Å². The van der Waals surface area contributed by atoms with Crippen LogP contribution in [0.3, 0.4) is 0 Å². The number of benzene rings is 1. The summed E-state index contributed by atoms with van der Waals surface area (Å²) in [7, 11) is 0. The Hall–Kier alpha value is -4.27. The van der Waals surface area contributed by atoms with Gasteiger partial charge in [0.05, 0.1) is 0 Å². The number of pyridine rings is 2. The molecule has 3 heterocycles. The maximum absolute atomic E-state index is 13.0. The summed E-state index contributed by atoms with van der Waals surface area (Å²) in [5.74, 6) is -1.91. The molecule has 4 rings (SSSR count). The molecule has 2 N–H and O–H groups in total. The summed E-state index contributed by atoms with van der Waals surface area (Å²) < 4.78 is 15.6. The second kappa shape index (κ2) is 8.84. The van der Waals surface area contributed by atoms with Crippen molar-refractivity contribution in [3.05, 3.63) is 110 Å². The predicted octanol–water partition coefficient (Wildman–Crippen LogP) is 1.87. The number of fused-ring (bicyclic) bond motifs is 1. The second-order valence-corrected chi connectivity index (χ2v) is 7.19. The van der Waals surface area contributed by atoms with E-state index in [9.17, 15) is 23.9 Å². The third-order valence-electron chi connectivity index (χ3n) is 5.06. The van der Waals surface area contributed by atoms with E-state index >= 15 is 0 Å². The topological polar surface area (TPSA) is 106 Å². The number of aromatic hydroxyl groups is 1. The third kappa shape index (κ3) is 4.27. The molecule has 0 aliphatic heterocycles. The minimum atomic E-state index is -0.941. The van der Waals surface area contributed by atoms with Crippen LogP contribution in [0.1, 0.15) is 21.5 Å². The molecule has 162 valence electrons. The number of carbonyl (C=O) groups is 1. The normalized spacial score (nSPS) is 10.9. The predicted molar refractivity (Wildman–Crippen MR) is 115 cm³/mol. The average Bonchev–Trinajstić information content (AvgIpc) is 2.81. The van der Waals surface area contributed by atoms with Crippen molar-refractivity contribution < 1.29 is 14.3 Å². The van der Waals surface area contributed by atoms with Crippen LogP contribution < -0.4 is 16.3 Å². The molecule has 3 aromatic heterocycles. The summed E-state index contributed by atoms with van der Waals surface area (Å²) >= 11 is 0. The van der Waals surface area contributed by atoms with Gasteiger partial charge in [0.15, 0.2) is 11.3 Å².